The van der Waals surface area contributed by atoms with Gasteiger partial charge in [-0.3, -0.25) is 0 Å². The van der Waals surface area contributed by atoms with E-state index in [4.69, 9.17) is 14.0 Å². The van der Waals surface area contributed by atoms with Crippen LogP contribution >= 0.6 is 0 Å². The van der Waals surface area contributed by atoms with E-state index >= 15 is 0 Å². The maximum absolute atomic E-state index is 12.3. The third-order valence-corrected chi connectivity index (χ3v) is 5.57. The van der Waals surface area contributed by atoms with Crippen molar-refractivity contribution < 1.29 is 18.8 Å². The van der Waals surface area contributed by atoms with Crippen LogP contribution in [0.25, 0.3) is 0 Å². The van der Waals surface area contributed by atoms with E-state index in [9.17, 15) is 4.79 Å². The van der Waals surface area contributed by atoms with Gasteiger partial charge in [-0.25, -0.2) is 4.79 Å². The molecule has 2 heterocycles. The van der Waals surface area contributed by atoms with Crippen molar-refractivity contribution in [2.45, 2.75) is 70.8 Å². The molecular weight excluding hydrogens is 317 g/mol. The molecule has 0 N–H and O–H groups in total. The van der Waals surface area contributed by atoms with Crippen LogP contribution in [0.4, 0.5) is 4.79 Å². The van der Waals surface area contributed by atoms with E-state index in [0.29, 0.717) is 13.1 Å². The van der Waals surface area contributed by atoms with Gasteiger partial charge in [0, 0.05) is 19.5 Å². The molecule has 2 fully saturated rings. The summed E-state index contributed by atoms with van der Waals surface area (Å²) in [7, 11) is -0.280. The van der Waals surface area contributed by atoms with Crippen molar-refractivity contribution in [2.24, 2.45) is 0 Å². The molecule has 2 aliphatic heterocycles. The van der Waals surface area contributed by atoms with Crippen molar-refractivity contribution in [3.63, 3.8) is 0 Å². The highest BCUT2D eigenvalue weighted by atomic mass is 16.7. The molecule has 0 spiro atoms. The molecule has 0 bridgehead atoms. The summed E-state index contributed by atoms with van der Waals surface area (Å²) in [6.45, 7) is 11.2. The molecule has 3 aliphatic rings. The zero-order valence-corrected chi connectivity index (χ0v) is 15.7. The molecule has 1 aromatic carbocycles. The van der Waals surface area contributed by atoms with Crippen molar-refractivity contribution in [3.8, 4) is 0 Å². The molecule has 1 aromatic rings. The Labute approximate surface area is 149 Å². The van der Waals surface area contributed by atoms with Crippen LogP contribution in [0.15, 0.2) is 18.2 Å². The van der Waals surface area contributed by atoms with E-state index < -0.39 is 5.60 Å². The van der Waals surface area contributed by atoms with Crippen molar-refractivity contribution in [1.82, 2.24) is 4.90 Å². The summed E-state index contributed by atoms with van der Waals surface area (Å²) in [6, 6.07) is 6.31. The molecule has 2 atom stereocenters. The summed E-state index contributed by atoms with van der Waals surface area (Å²) in [5, 5.41) is 0. The maximum Gasteiger partial charge on any atom is 0.494 e. The average molecular weight is 343 g/mol. The fraction of sp³-hybridized carbons (Fsp3) is 0.632. The summed E-state index contributed by atoms with van der Waals surface area (Å²) >= 11 is 0. The Kier molecular flexibility index (Phi) is 3.55. The lowest BCUT2D eigenvalue weighted by molar-refractivity contribution is 0.0224. The van der Waals surface area contributed by atoms with Crippen LogP contribution in [-0.2, 0) is 27.0 Å². The minimum Gasteiger partial charge on any atom is -0.444 e. The molecule has 2 unspecified atom stereocenters. The highest BCUT2D eigenvalue weighted by Gasteiger charge is 2.71. The average Bonchev–Trinajstić information content (AvgIpc) is 2.93. The van der Waals surface area contributed by atoms with Gasteiger partial charge in [0.05, 0.1) is 11.2 Å². The van der Waals surface area contributed by atoms with Crippen molar-refractivity contribution in [1.29, 1.82) is 0 Å². The molecule has 25 heavy (non-hydrogen) atoms. The Bertz CT molecular complexity index is 715. The van der Waals surface area contributed by atoms with Gasteiger partial charge >= 0.3 is 13.2 Å². The minimum absolute atomic E-state index is 0.138. The summed E-state index contributed by atoms with van der Waals surface area (Å²) in [5.41, 5.74) is 2.76. The second-order valence-electron chi connectivity index (χ2n) is 8.89. The molecule has 0 aromatic heterocycles. The number of hydrogen-bond donors (Lipinski definition) is 0. The largest absolute Gasteiger partial charge is 0.494 e. The van der Waals surface area contributed by atoms with Crippen LogP contribution in [0.5, 0.6) is 0 Å². The molecule has 1 aliphatic carbocycles. The fourth-order valence-electron chi connectivity index (χ4n) is 3.77. The van der Waals surface area contributed by atoms with Crippen LogP contribution in [0.1, 0.15) is 52.2 Å². The summed E-state index contributed by atoms with van der Waals surface area (Å²) in [5.74, 6) is 0. The number of amides is 1. The first-order valence-electron chi connectivity index (χ1n) is 9.04. The number of carbonyl (C=O) groups is 1. The van der Waals surface area contributed by atoms with Crippen LogP contribution in [-0.4, -0.2) is 41.5 Å². The zero-order chi connectivity index (χ0) is 18.0. The van der Waals surface area contributed by atoms with Gasteiger partial charge in [0.15, 0.2) is 0 Å². The van der Waals surface area contributed by atoms with Gasteiger partial charge in [-0.05, 0) is 57.6 Å². The second kappa shape index (κ2) is 5.24. The van der Waals surface area contributed by atoms with Gasteiger partial charge in [0.25, 0.3) is 0 Å². The molecule has 134 valence electrons. The quantitative estimate of drug-likeness (QED) is 0.736. The number of ether oxygens (including phenoxy) is 1. The van der Waals surface area contributed by atoms with E-state index in [1.165, 1.54) is 11.1 Å². The second-order valence-corrected chi connectivity index (χ2v) is 8.89. The van der Waals surface area contributed by atoms with E-state index in [0.717, 1.165) is 18.3 Å². The number of benzene rings is 1. The van der Waals surface area contributed by atoms with E-state index in [2.05, 4.69) is 32.0 Å². The normalized spacial score (nSPS) is 30.8. The van der Waals surface area contributed by atoms with Gasteiger partial charge in [-0.2, -0.15) is 0 Å². The Hall–Kier alpha value is -1.53. The smallest absolute Gasteiger partial charge is 0.444 e. The molecule has 1 amide bonds. The summed E-state index contributed by atoms with van der Waals surface area (Å²) in [6.07, 6.45) is 1.54. The lowest BCUT2D eigenvalue weighted by atomic mass is 9.76. The Morgan fingerprint density at radius 2 is 1.88 bits per heavy atom. The van der Waals surface area contributed by atoms with Gasteiger partial charge in [0.2, 0.25) is 0 Å². The Morgan fingerprint density at radius 1 is 1.20 bits per heavy atom. The lowest BCUT2D eigenvalue weighted by Crippen LogP contribution is -2.41. The monoisotopic (exact) mass is 343 g/mol. The molecule has 6 heteroatoms. The lowest BCUT2D eigenvalue weighted by Gasteiger charge is -2.31. The van der Waals surface area contributed by atoms with Crippen molar-refractivity contribution in [3.05, 3.63) is 29.3 Å². The zero-order valence-electron chi connectivity index (χ0n) is 15.7. The van der Waals surface area contributed by atoms with Crippen LogP contribution in [0.3, 0.4) is 0 Å². The van der Waals surface area contributed by atoms with Crippen molar-refractivity contribution >= 4 is 18.7 Å². The Morgan fingerprint density at radius 3 is 2.52 bits per heavy atom. The summed E-state index contributed by atoms with van der Waals surface area (Å²) in [4.78, 5) is 14.0. The maximum atomic E-state index is 12.3. The SMILES string of the molecule is CC(C)(C)OC(=O)N1CCc2cc(B3OC4(C)CC4(C)O3)ccc2C1. The molecule has 4 rings (SSSR count). The molecule has 1 saturated carbocycles. The van der Waals surface area contributed by atoms with Crippen LogP contribution in [0.2, 0.25) is 0 Å². The number of rotatable bonds is 1. The van der Waals surface area contributed by atoms with E-state index in [1.807, 2.05) is 20.8 Å². The van der Waals surface area contributed by atoms with E-state index in [1.54, 1.807) is 4.90 Å². The molecule has 5 nitrogen and oxygen atoms in total. The van der Waals surface area contributed by atoms with Crippen molar-refractivity contribution in [2.75, 3.05) is 6.54 Å². The summed E-state index contributed by atoms with van der Waals surface area (Å²) < 4.78 is 17.7. The van der Waals surface area contributed by atoms with Gasteiger partial charge in [0.1, 0.15) is 5.60 Å². The fourth-order valence-corrected chi connectivity index (χ4v) is 3.77. The number of carbonyl (C=O) groups excluding carboxylic acids is 1. The number of fused-ring (bicyclic) bond motifs is 2. The number of nitrogens with zero attached hydrogens (tertiary/aromatic N) is 1. The molecule has 0 radical (unpaired) electrons. The standard InChI is InChI=1S/C19H26BNO4/c1-17(2,3)23-16(22)21-9-8-13-10-15(7-6-14(13)11-21)20-24-18(4)12-19(18,5)25-20/h6-7,10H,8-9,11-12H2,1-5H3. The number of hydrogen-bond acceptors (Lipinski definition) is 4. The van der Waals surface area contributed by atoms with Gasteiger partial charge in [-0.15, -0.1) is 0 Å². The van der Waals surface area contributed by atoms with Crippen LogP contribution in [0, 0.1) is 0 Å². The predicted octanol–water partition coefficient (Wildman–Crippen LogP) is 2.64. The first kappa shape index (κ1) is 16.9. The minimum atomic E-state index is -0.467. The topological polar surface area (TPSA) is 48.0 Å². The highest BCUT2D eigenvalue weighted by Crippen LogP contribution is 2.58. The van der Waals surface area contributed by atoms with Gasteiger partial charge < -0.3 is 18.9 Å². The first-order chi connectivity index (χ1) is 11.6. The molecule has 1 saturated heterocycles. The van der Waals surface area contributed by atoms with Crippen LogP contribution < -0.4 is 5.46 Å². The third-order valence-electron chi connectivity index (χ3n) is 5.57. The first-order valence-corrected chi connectivity index (χ1v) is 9.04. The highest BCUT2D eigenvalue weighted by molar-refractivity contribution is 6.62. The van der Waals surface area contributed by atoms with Gasteiger partial charge in [-0.1, -0.05) is 18.2 Å². The molecular formula is C19H26BNO4. The Balaban J connectivity index is 1.46. The van der Waals surface area contributed by atoms with E-state index in [-0.39, 0.29) is 24.4 Å². The third kappa shape index (κ3) is 2.95. The predicted molar refractivity (Wildman–Crippen MR) is 95.8 cm³/mol.